The number of hydrogen-bond acceptors (Lipinski definition) is 5. The highest BCUT2D eigenvalue weighted by molar-refractivity contribution is 9.10. The lowest BCUT2D eigenvalue weighted by Crippen LogP contribution is -2.48. The number of carboxylic acids is 1. The predicted molar refractivity (Wildman–Crippen MR) is 71.7 cm³/mol. The molecule has 0 spiro atoms. The van der Waals surface area contributed by atoms with Crippen LogP contribution in [-0.4, -0.2) is 26.3 Å². The van der Waals surface area contributed by atoms with Gasteiger partial charge in [-0.2, -0.15) is 0 Å². The van der Waals surface area contributed by atoms with E-state index in [2.05, 4.69) is 15.9 Å². The third kappa shape index (κ3) is 4.91. The fraction of sp³-hybridized carbons (Fsp3) is 0.273. The van der Waals surface area contributed by atoms with Gasteiger partial charge >= 0.3 is 0 Å². The van der Waals surface area contributed by atoms with Crippen LogP contribution in [0.5, 0.6) is 0 Å². The lowest BCUT2D eigenvalue weighted by atomic mass is 10.2. The van der Waals surface area contributed by atoms with Crippen molar-refractivity contribution in [3.8, 4) is 0 Å². The second kappa shape index (κ2) is 6.82. The number of nitrogens with two attached hydrogens (primary N) is 1. The van der Waals surface area contributed by atoms with Gasteiger partial charge in [0.2, 0.25) is 15.9 Å². The van der Waals surface area contributed by atoms with Gasteiger partial charge in [-0.25, -0.2) is 13.1 Å². The van der Waals surface area contributed by atoms with Gasteiger partial charge in [0.1, 0.15) is 0 Å². The van der Waals surface area contributed by atoms with E-state index >= 15 is 0 Å². The summed E-state index contributed by atoms with van der Waals surface area (Å²) in [4.78, 5) is 21.4. The summed E-state index contributed by atoms with van der Waals surface area (Å²) in [7, 11) is -4.01. The maximum absolute atomic E-state index is 12.0. The second-order valence-electron chi connectivity index (χ2n) is 3.95. The summed E-state index contributed by atoms with van der Waals surface area (Å²) in [6.07, 6.45) is -0.533. The van der Waals surface area contributed by atoms with Gasteiger partial charge in [0, 0.05) is 10.9 Å². The van der Waals surface area contributed by atoms with Crippen molar-refractivity contribution >= 4 is 37.8 Å². The van der Waals surface area contributed by atoms with E-state index in [0.29, 0.717) is 4.47 Å². The van der Waals surface area contributed by atoms with Gasteiger partial charge in [-0.3, -0.25) is 4.79 Å². The first-order valence-electron chi connectivity index (χ1n) is 5.49. The number of halogens is 1. The van der Waals surface area contributed by atoms with Crippen molar-refractivity contribution < 1.29 is 23.1 Å². The van der Waals surface area contributed by atoms with Crippen LogP contribution in [0.3, 0.4) is 0 Å². The Morgan fingerprint density at radius 1 is 1.30 bits per heavy atom. The van der Waals surface area contributed by atoms with Crippen molar-refractivity contribution in [1.29, 1.82) is 0 Å². The van der Waals surface area contributed by atoms with Gasteiger partial charge in [0.05, 0.1) is 16.9 Å². The summed E-state index contributed by atoms with van der Waals surface area (Å²) in [5.41, 5.74) is 4.90. The maximum atomic E-state index is 12.0. The number of hydrogen-bond donors (Lipinski definition) is 2. The molecule has 1 aromatic carbocycles. The first-order valence-corrected chi connectivity index (χ1v) is 7.77. The van der Waals surface area contributed by atoms with Crippen LogP contribution in [0, 0.1) is 0 Å². The number of nitrogens with one attached hydrogen (secondary N) is 1. The van der Waals surface area contributed by atoms with Crippen molar-refractivity contribution in [2.24, 2.45) is 5.73 Å². The average Bonchev–Trinajstić information content (AvgIpc) is 2.34. The second-order valence-corrected chi connectivity index (χ2v) is 6.58. The Hall–Kier alpha value is -1.45. The molecule has 0 bridgehead atoms. The zero-order chi connectivity index (χ0) is 15.3. The fourth-order valence-electron chi connectivity index (χ4n) is 1.38. The Labute approximate surface area is 124 Å². The smallest absolute Gasteiger partial charge is 0.241 e. The quantitative estimate of drug-likeness (QED) is 0.649. The molecule has 1 rings (SSSR count). The zero-order valence-electron chi connectivity index (χ0n) is 10.2. The highest BCUT2D eigenvalue weighted by atomic mass is 79.9. The van der Waals surface area contributed by atoms with Crippen LogP contribution >= 0.6 is 15.9 Å². The summed E-state index contributed by atoms with van der Waals surface area (Å²) in [5, 5.41) is 10.9. The molecule has 20 heavy (non-hydrogen) atoms. The van der Waals surface area contributed by atoms with Gasteiger partial charge in [-0.1, -0.05) is 15.9 Å². The number of sulfonamides is 1. The van der Waals surface area contributed by atoms with Crippen molar-refractivity contribution in [2.45, 2.75) is 23.8 Å². The molecule has 1 aromatic rings. The number of carbonyl (C=O) groups is 2. The Kier molecular flexibility index (Phi) is 5.66. The molecular formula is C11H12BrN2O5S-. The highest BCUT2D eigenvalue weighted by Crippen LogP contribution is 2.15. The first-order chi connectivity index (χ1) is 9.22. The van der Waals surface area contributed by atoms with E-state index in [1.54, 1.807) is 0 Å². The van der Waals surface area contributed by atoms with Gasteiger partial charge in [0.25, 0.3) is 0 Å². The van der Waals surface area contributed by atoms with E-state index in [0.717, 1.165) is 0 Å². The summed E-state index contributed by atoms with van der Waals surface area (Å²) >= 11 is 3.16. The standard InChI is InChI=1S/C11H13BrN2O5S/c12-7-1-3-8(4-2-7)20(18,19)14-9(11(16)17)5-6-10(13)15/h1-4,9,14H,5-6H2,(H2,13,15)(H,16,17)/p-1/t9-/m0/s1. The van der Waals surface area contributed by atoms with Crippen LogP contribution in [0.15, 0.2) is 33.6 Å². The summed E-state index contributed by atoms with van der Waals surface area (Å²) in [5.74, 6) is -2.34. The number of amides is 1. The van der Waals surface area contributed by atoms with Gasteiger partial charge in [-0.15, -0.1) is 0 Å². The van der Waals surface area contributed by atoms with Crippen LogP contribution in [0.1, 0.15) is 12.8 Å². The third-order valence-corrected chi connectivity index (χ3v) is 4.40. The van der Waals surface area contributed by atoms with Crippen molar-refractivity contribution in [3.05, 3.63) is 28.7 Å². The number of primary amides is 1. The third-order valence-electron chi connectivity index (χ3n) is 2.39. The van der Waals surface area contributed by atoms with Crippen LogP contribution < -0.4 is 15.6 Å². The van der Waals surface area contributed by atoms with Crippen LogP contribution in [0.4, 0.5) is 0 Å². The number of rotatable bonds is 7. The van der Waals surface area contributed by atoms with E-state index in [1.807, 2.05) is 4.72 Å². The van der Waals surface area contributed by atoms with Crippen LogP contribution in [0.25, 0.3) is 0 Å². The molecule has 0 aliphatic carbocycles. The van der Waals surface area contributed by atoms with Gasteiger partial charge in [0.15, 0.2) is 0 Å². The molecule has 110 valence electrons. The molecule has 9 heteroatoms. The van der Waals surface area contributed by atoms with Crippen molar-refractivity contribution in [1.82, 2.24) is 4.72 Å². The molecule has 0 radical (unpaired) electrons. The number of aliphatic carboxylic acids is 1. The van der Waals surface area contributed by atoms with E-state index in [-0.39, 0.29) is 17.7 Å². The largest absolute Gasteiger partial charge is 0.548 e. The number of benzene rings is 1. The summed E-state index contributed by atoms with van der Waals surface area (Å²) in [6, 6.07) is 4.12. The fourth-order valence-corrected chi connectivity index (χ4v) is 2.86. The minimum atomic E-state index is -4.01. The first kappa shape index (κ1) is 16.6. The molecule has 3 N–H and O–H groups in total. The Morgan fingerprint density at radius 2 is 1.85 bits per heavy atom. The highest BCUT2D eigenvalue weighted by Gasteiger charge is 2.21. The number of carboxylic acid groups (broad SMARTS) is 1. The average molecular weight is 364 g/mol. The lowest BCUT2D eigenvalue weighted by molar-refractivity contribution is -0.308. The minimum Gasteiger partial charge on any atom is -0.548 e. The Morgan fingerprint density at radius 3 is 2.30 bits per heavy atom. The minimum absolute atomic E-state index is 0.0916. The van der Waals surface area contributed by atoms with Crippen molar-refractivity contribution in [2.75, 3.05) is 0 Å². The predicted octanol–water partition coefficient (Wildman–Crippen LogP) is -0.889. The Bertz CT molecular complexity index is 600. The molecule has 0 unspecified atom stereocenters. The molecular weight excluding hydrogens is 352 g/mol. The SMILES string of the molecule is NC(=O)CC[C@H](NS(=O)(=O)c1ccc(Br)cc1)C(=O)[O-]. The summed E-state index contributed by atoms with van der Waals surface area (Å²) < 4.78 is 26.6. The number of carbonyl (C=O) groups excluding carboxylic acids is 2. The van der Waals surface area contributed by atoms with Crippen molar-refractivity contribution in [3.63, 3.8) is 0 Å². The van der Waals surface area contributed by atoms with E-state index in [9.17, 15) is 23.1 Å². The summed E-state index contributed by atoms with van der Waals surface area (Å²) in [6.45, 7) is 0. The molecule has 0 heterocycles. The molecule has 0 aliphatic rings. The lowest BCUT2D eigenvalue weighted by Gasteiger charge is -2.19. The molecule has 1 atom stereocenters. The van der Waals surface area contributed by atoms with E-state index in [1.165, 1.54) is 24.3 Å². The van der Waals surface area contributed by atoms with Gasteiger partial charge < -0.3 is 15.6 Å². The zero-order valence-corrected chi connectivity index (χ0v) is 12.6. The molecule has 0 saturated carbocycles. The molecule has 0 saturated heterocycles. The molecule has 0 aromatic heterocycles. The molecule has 1 amide bonds. The normalized spacial score (nSPS) is 12.8. The monoisotopic (exact) mass is 363 g/mol. The topological polar surface area (TPSA) is 129 Å². The molecule has 7 nitrogen and oxygen atoms in total. The molecule has 0 fully saturated rings. The maximum Gasteiger partial charge on any atom is 0.241 e. The van der Waals surface area contributed by atoms with E-state index in [4.69, 9.17) is 5.73 Å². The van der Waals surface area contributed by atoms with Crippen LogP contribution in [-0.2, 0) is 19.6 Å². The van der Waals surface area contributed by atoms with Gasteiger partial charge in [-0.05, 0) is 30.7 Å². The Balaban J connectivity index is 2.88. The molecule has 0 aliphatic heterocycles. The van der Waals surface area contributed by atoms with Crippen LogP contribution in [0.2, 0.25) is 0 Å². The van der Waals surface area contributed by atoms with E-state index < -0.39 is 27.9 Å².